The van der Waals surface area contributed by atoms with Crippen molar-refractivity contribution in [1.29, 1.82) is 0 Å². The summed E-state index contributed by atoms with van der Waals surface area (Å²) in [5, 5.41) is 0. The van der Waals surface area contributed by atoms with E-state index >= 15 is 0 Å². The highest BCUT2D eigenvalue weighted by Crippen LogP contribution is 2.48. The van der Waals surface area contributed by atoms with Crippen LogP contribution in [-0.2, 0) is 22.7 Å². The smallest absolute Gasteiger partial charge is 0.217 e. The number of hydrogen-bond acceptors (Lipinski definition) is 4. The molecule has 2 heterocycles. The zero-order valence-corrected chi connectivity index (χ0v) is 15.2. The average molecular weight is 358 g/mol. The van der Waals surface area contributed by atoms with Gasteiger partial charge in [0.15, 0.2) is 0 Å². The van der Waals surface area contributed by atoms with Gasteiger partial charge in [0, 0.05) is 22.3 Å². The molecule has 2 aliphatic heterocycles. The Bertz CT molecular complexity index is 887. The van der Waals surface area contributed by atoms with Crippen LogP contribution in [0.25, 0.3) is 0 Å². The third-order valence-electron chi connectivity index (χ3n) is 6.57. The molecule has 2 aromatic carbocycles. The maximum Gasteiger partial charge on any atom is 0.217 e. The van der Waals surface area contributed by atoms with Crippen LogP contribution in [-0.4, -0.2) is 23.9 Å². The number of hydrogen-bond donors (Lipinski definition) is 0. The van der Waals surface area contributed by atoms with E-state index in [1.165, 1.54) is 28.7 Å². The molecular weight excluding hydrogens is 336 g/mol. The molecule has 0 spiro atoms. The summed E-state index contributed by atoms with van der Waals surface area (Å²) in [4.78, 5) is 10.0. The third kappa shape index (κ3) is 2.50. The summed E-state index contributed by atoms with van der Waals surface area (Å²) in [6.45, 7) is 1.31. The Kier molecular flexibility index (Phi) is 3.40. The lowest BCUT2D eigenvalue weighted by atomic mass is 9.91. The Labute approximate surface area is 158 Å². The van der Waals surface area contributed by atoms with Crippen molar-refractivity contribution in [2.75, 3.05) is 0 Å². The van der Waals surface area contributed by atoms with Crippen molar-refractivity contribution in [3.05, 3.63) is 70.8 Å². The predicted molar refractivity (Wildman–Crippen MR) is 104 cm³/mol. The Hall–Kier alpha value is -2.62. The van der Waals surface area contributed by atoms with Gasteiger partial charge in [-0.25, -0.2) is 9.98 Å². The number of rotatable bonds is 2. The number of nitrogens with zero attached hydrogens (tertiary/aromatic N) is 2. The van der Waals surface area contributed by atoms with Crippen LogP contribution in [0.5, 0.6) is 0 Å². The zero-order chi connectivity index (χ0) is 17.8. The van der Waals surface area contributed by atoms with E-state index in [0.29, 0.717) is 37.1 Å². The van der Waals surface area contributed by atoms with Gasteiger partial charge in [0.05, 0.1) is 12.1 Å². The molecule has 0 saturated heterocycles. The van der Waals surface area contributed by atoms with Gasteiger partial charge in [0.1, 0.15) is 13.2 Å². The summed E-state index contributed by atoms with van der Waals surface area (Å²) < 4.78 is 11.7. The number of benzene rings is 2. The fourth-order valence-corrected chi connectivity index (χ4v) is 5.20. The molecule has 2 unspecified atom stereocenters. The van der Waals surface area contributed by atoms with Gasteiger partial charge in [-0.1, -0.05) is 36.4 Å². The molecule has 136 valence electrons. The molecule has 4 atom stereocenters. The van der Waals surface area contributed by atoms with Crippen LogP contribution in [0.15, 0.2) is 58.5 Å². The molecule has 0 radical (unpaired) electrons. The Morgan fingerprint density at radius 1 is 0.630 bits per heavy atom. The summed E-state index contributed by atoms with van der Waals surface area (Å²) in [6.07, 6.45) is 3.46. The standard InChI is InChI=1S/C23H22N2O2/c1-3-7-18-14(5-1)12-26-22(18)24-20-10-17-9-16(20)11-21(17)25-23-19-8-4-2-6-15(19)13-27-23/h1-8,16-17,20-21H,9-13H2/b24-22-,25-23-/t16?,17?,20-,21-/m0/s1. The molecule has 2 aliphatic carbocycles. The van der Waals surface area contributed by atoms with Crippen LogP contribution >= 0.6 is 0 Å². The first-order chi connectivity index (χ1) is 13.3. The van der Waals surface area contributed by atoms with Crippen LogP contribution in [0.3, 0.4) is 0 Å². The highest BCUT2D eigenvalue weighted by Gasteiger charge is 2.46. The quantitative estimate of drug-likeness (QED) is 0.811. The fraction of sp³-hybridized carbons (Fsp3) is 0.391. The average Bonchev–Trinajstić information content (AvgIpc) is 3.47. The summed E-state index contributed by atoms with van der Waals surface area (Å²) in [7, 11) is 0. The van der Waals surface area contributed by atoms with E-state index in [1.807, 2.05) is 0 Å². The first-order valence-electron chi connectivity index (χ1n) is 9.93. The molecule has 0 amide bonds. The van der Waals surface area contributed by atoms with Gasteiger partial charge in [-0.3, -0.25) is 0 Å². The SMILES string of the molecule is c1ccc2c(c1)CO/C2=N\[C@H]1CC2CC1C[C@@H]2/N=C1\OCc2ccccc21. The first kappa shape index (κ1) is 15.4. The van der Waals surface area contributed by atoms with E-state index in [2.05, 4.69) is 48.5 Å². The highest BCUT2D eigenvalue weighted by atomic mass is 16.5. The van der Waals surface area contributed by atoms with E-state index in [9.17, 15) is 0 Å². The summed E-state index contributed by atoms with van der Waals surface area (Å²) in [5.74, 6) is 2.92. The van der Waals surface area contributed by atoms with Gasteiger partial charge < -0.3 is 9.47 Å². The van der Waals surface area contributed by atoms with Crippen LogP contribution in [0, 0.1) is 11.8 Å². The molecule has 4 heteroatoms. The minimum absolute atomic E-state index is 0.379. The molecule has 2 bridgehead atoms. The molecule has 4 aliphatic rings. The summed E-state index contributed by atoms with van der Waals surface area (Å²) in [5.41, 5.74) is 4.85. The van der Waals surface area contributed by atoms with Gasteiger partial charge in [0.25, 0.3) is 0 Å². The fourth-order valence-electron chi connectivity index (χ4n) is 5.20. The second kappa shape index (κ2) is 5.95. The van der Waals surface area contributed by atoms with Crippen molar-refractivity contribution in [3.63, 3.8) is 0 Å². The molecule has 4 nitrogen and oxygen atoms in total. The molecule has 27 heavy (non-hydrogen) atoms. The molecule has 6 rings (SSSR count). The van der Waals surface area contributed by atoms with E-state index in [0.717, 1.165) is 24.6 Å². The van der Waals surface area contributed by atoms with Gasteiger partial charge in [-0.2, -0.15) is 0 Å². The Balaban J connectivity index is 1.20. The van der Waals surface area contributed by atoms with Gasteiger partial charge in [-0.05, 0) is 43.2 Å². The molecule has 2 saturated carbocycles. The Morgan fingerprint density at radius 2 is 1.11 bits per heavy atom. The topological polar surface area (TPSA) is 43.2 Å². The van der Waals surface area contributed by atoms with Gasteiger partial charge in [-0.15, -0.1) is 0 Å². The van der Waals surface area contributed by atoms with Crippen LogP contribution < -0.4 is 0 Å². The largest absolute Gasteiger partial charge is 0.473 e. The minimum atomic E-state index is 0.379. The summed E-state index contributed by atoms with van der Waals surface area (Å²) in [6, 6.07) is 17.5. The highest BCUT2D eigenvalue weighted by molar-refractivity contribution is 5.98. The summed E-state index contributed by atoms with van der Waals surface area (Å²) >= 11 is 0. The molecule has 2 fully saturated rings. The van der Waals surface area contributed by atoms with Gasteiger partial charge in [0.2, 0.25) is 11.8 Å². The van der Waals surface area contributed by atoms with Crippen molar-refractivity contribution in [2.45, 2.75) is 44.6 Å². The van der Waals surface area contributed by atoms with E-state index in [4.69, 9.17) is 19.5 Å². The third-order valence-corrected chi connectivity index (χ3v) is 6.57. The molecule has 0 N–H and O–H groups in total. The predicted octanol–water partition coefficient (Wildman–Crippen LogP) is 4.11. The number of fused-ring (bicyclic) bond motifs is 4. The molecular formula is C23H22N2O2. The van der Waals surface area contributed by atoms with Crippen molar-refractivity contribution in [3.8, 4) is 0 Å². The van der Waals surface area contributed by atoms with Crippen LogP contribution in [0.4, 0.5) is 0 Å². The van der Waals surface area contributed by atoms with Crippen molar-refractivity contribution < 1.29 is 9.47 Å². The number of ether oxygens (including phenoxy) is 2. The van der Waals surface area contributed by atoms with Crippen molar-refractivity contribution >= 4 is 11.8 Å². The monoisotopic (exact) mass is 358 g/mol. The Morgan fingerprint density at radius 3 is 1.59 bits per heavy atom. The van der Waals surface area contributed by atoms with Crippen molar-refractivity contribution in [1.82, 2.24) is 0 Å². The van der Waals surface area contributed by atoms with E-state index in [1.54, 1.807) is 0 Å². The van der Waals surface area contributed by atoms with E-state index in [-0.39, 0.29) is 0 Å². The zero-order valence-electron chi connectivity index (χ0n) is 15.2. The first-order valence-corrected chi connectivity index (χ1v) is 9.93. The maximum atomic E-state index is 5.87. The minimum Gasteiger partial charge on any atom is -0.473 e. The number of aliphatic imine (C=N–C) groups is 2. The second-order valence-corrected chi connectivity index (χ2v) is 8.12. The van der Waals surface area contributed by atoms with E-state index < -0.39 is 0 Å². The van der Waals surface area contributed by atoms with Crippen molar-refractivity contribution in [2.24, 2.45) is 21.8 Å². The molecule has 0 aromatic heterocycles. The normalized spacial score (nSPS) is 33.2. The lowest BCUT2D eigenvalue weighted by Gasteiger charge is -2.23. The van der Waals surface area contributed by atoms with Crippen LogP contribution in [0.2, 0.25) is 0 Å². The van der Waals surface area contributed by atoms with Crippen LogP contribution in [0.1, 0.15) is 41.5 Å². The lowest BCUT2D eigenvalue weighted by Crippen LogP contribution is -2.25. The lowest BCUT2D eigenvalue weighted by molar-refractivity contribution is 0.296. The maximum absolute atomic E-state index is 5.87. The van der Waals surface area contributed by atoms with Gasteiger partial charge >= 0.3 is 0 Å². The molecule has 2 aromatic rings. The second-order valence-electron chi connectivity index (χ2n) is 8.12.